The summed E-state index contributed by atoms with van der Waals surface area (Å²) >= 11 is 5.71. The number of halogens is 2. The number of hydrogen-bond donors (Lipinski definition) is 18. The Kier molecular flexibility index (Phi) is 21.9. The summed E-state index contributed by atoms with van der Waals surface area (Å²) in [5.41, 5.74) is 17.6. The average Bonchev–Trinajstić information content (AvgIpc) is 1.64. The quantitative estimate of drug-likeness (QED) is 0.0401. The molecule has 0 radical (unpaired) electrons. The number of nitrogens with two attached hydrogens (primary N) is 3. The number of anilines is 4. The number of alkyl halides is 1. The molecule has 0 spiro atoms. The fourth-order valence-corrected chi connectivity index (χ4v) is 11.5. The number of aliphatic hydroxyl groups is 11. The molecule has 9 aromatic heterocycles. The molecule has 21 N–H and O–H groups in total. The summed E-state index contributed by atoms with van der Waals surface area (Å²) in [7, 11) is 0. The number of nitrogens with zero attached hydrogens (tertiary/aromatic N) is 15. The molecule has 526 valence electrons. The monoisotopic (exact) mass is 1390 g/mol. The van der Waals surface area contributed by atoms with Crippen molar-refractivity contribution in [1.82, 2.24) is 87.6 Å². The van der Waals surface area contributed by atoms with Crippen LogP contribution in [-0.4, -0.2) is 244 Å². The number of allylic oxidation sites excluding steroid dienone is 1. The van der Waals surface area contributed by atoms with Gasteiger partial charge in [0.15, 0.2) is 69.8 Å². The number of nitrogens with one attached hydrogen (secondary N) is 4. The van der Waals surface area contributed by atoms with Crippen LogP contribution in [-0.2, 0) is 19.0 Å². The number of carbonyl (C=O) groups is 1. The van der Waals surface area contributed by atoms with Crippen molar-refractivity contribution in [2.75, 3.05) is 55.6 Å². The SMILES string of the molecule is C=C1[C@H](CO)[C@@H](O)C[C@@H]1n1cnc2c(=O)[nH]c(N)nc21.CCC(=O)Nc1ccn([C@@H]2O[C@H](CO)[C@@H](O)[C@@H]2O)c(=O)n1.Nc1nc(Cl)nc2c1ncn2[C@@H]1O[C@H](CO)[C@@H](O)[C@@H]1F.Nc1nc2c(ncn2[C@H]2C=C[C@@H](CO)C2)c(=O)[nH]1.O=c1[nH]cnc2c1ncn2[C@@H]1O[C@H](CO)[C@@H](O)[C@H]1O. The molecule has 98 heavy (non-hydrogen) atoms. The van der Waals surface area contributed by atoms with Gasteiger partial charge in [-0.25, -0.2) is 34.1 Å². The van der Waals surface area contributed by atoms with Gasteiger partial charge in [0.1, 0.15) is 60.2 Å². The van der Waals surface area contributed by atoms with Crippen molar-refractivity contribution in [3.63, 3.8) is 0 Å². The fourth-order valence-electron chi connectivity index (χ4n) is 11.4. The van der Waals surface area contributed by atoms with E-state index in [2.05, 4.69) is 76.7 Å². The molecule has 0 unspecified atom stereocenters. The molecule has 12 heterocycles. The van der Waals surface area contributed by atoms with Gasteiger partial charge in [-0.2, -0.15) is 24.9 Å². The molecule has 1 saturated carbocycles. The van der Waals surface area contributed by atoms with E-state index in [1.165, 1.54) is 46.7 Å². The first-order valence-electron chi connectivity index (χ1n) is 29.8. The Labute approximate surface area is 551 Å². The predicted octanol–water partition coefficient (Wildman–Crippen LogP) is -5.43. The number of aromatic nitrogens is 18. The van der Waals surface area contributed by atoms with Gasteiger partial charge in [0.05, 0.1) is 76.3 Å². The minimum atomic E-state index is -1.74. The van der Waals surface area contributed by atoms with Gasteiger partial charge >= 0.3 is 5.69 Å². The van der Waals surface area contributed by atoms with Crippen LogP contribution in [0.1, 0.15) is 57.0 Å². The fraction of sp³-hybridized carbons (Fsp3) is 0.473. The van der Waals surface area contributed by atoms with Crippen LogP contribution in [0.25, 0.3) is 44.7 Å². The van der Waals surface area contributed by atoms with E-state index in [9.17, 15) is 64.1 Å². The maximum atomic E-state index is 14.1. The van der Waals surface area contributed by atoms with Gasteiger partial charge in [-0.05, 0) is 36.1 Å². The van der Waals surface area contributed by atoms with Crippen molar-refractivity contribution in [1.29, 1.82) is 0 Å². The summed E-state index contributed by atoms with van der Waals surface area (Å²) in [6.07, 6.45) is -1.59. The van der Waals surface area contributed by atoms with Gasteiger partial charge < -0.3 is 107 Å². The minimum Gasteiger partial charge on any atom is -0.396 e. The van der Waals surface area contributed by atoms with Gasteiger partial charge in [-0.15, -0.1) is 0 Å². The first-order valence-corrected chi connectivity index (χ1v) is 30.2. The summed E-state index contributed by atoms with van der Waals surface area (Å²) in [6.45, 7) is 4.14. The highest BCUT2D eigenvalue weighted by Gasteiger charge is 2.47. The van der Waals surface area contributed by atoms with E-state index in [0.29, 0.717) is 23.3 Å². The van der Waals surface area contributed by atoms with E-state index in [4.69, 9.17) is 63.4 Å². The molecule has 0 aromatic carbocycles. The lowest BCUT2D eigenvalue weighted by Crippen LogP contribution is -2.36. The number of carbonyl (C=O) groups excluding carboxylic acids is 1. The van der Waals surface area contributed by atoms with Crippen molar-refractivity contribution in [3.8, 4) is 0 Å². The average molecular weight is 1400 g/mol. The van der Waals surface area contributed by atoms with E-state index < -0.39 is 116 Å². The number of H-pyrrole nitrogens is 3. The van der Waals surface area contributed by atoms with Crippen LogP contribution >= 0.6 is 11.6 Å². The normalized spacial score (nSPS) is 27.9. The Morgan fingerprint density at radius 3 is 1.67 bits per heavy atom. The van der Waals surface area contributed by atoms with Crippen molar-refractivity contribution in [2.45, 2.75) is 118 Å². The van der Waals surface area contributed by atoms with Gasteiger partial charge in [0.2, 0.25) is 23.1 Å². The maximum absolute atomic E-state index is 14.1. The molecule has 1 amide bonds. The summed E-state index contributed by atoms with van der Waals surface area (Å²) in [5, 5.41) is 106. The zero-order chi connectivity index (χ0) is 70.7. The van der Waals surface area contributed by atoms with Crippen LogP contribution in [0.5, 0.6) is 0 Å². The topological polar surface area (TPSA) is 627 Å². The number of hydrogen-bond acceptors (Lipinski definition) is 32. The second-order valence-corrected chi connectivity index (χ2v) is 23.0. The number of aliphatic hydroxyl groups excluding tert-OH is 11. The number of rotatable bonds is 12. The Bertz CT molecular complexity index is 4620. The Hall–Kier alpha value is -9.51. The number of aromatic amines is 3. The van der Waals surface area contributed by atoms with Crippen LogP contribution in [0, 0.1) is 11.8 Å². The standard InChI is InChI=1S/C12H15N5O3.C12H17N3O6.C11H13N5O2.C10H11ClFN5O3.C10H12N4O5/c1-5-6(3-18)8(19)2-7(5)17-4-14-9-10(17)15-12(13)16-11(9)20;1-2-8(17)13-7-3-4-15(12(20)14-7)11-10(19)9(18)6(5-16)21-11;12-11-14-9-8(10(18)15-11)13-5-16(9)7-2-1-6(3-7)4-17;11-10-15-7(13)5-8(16-10)17(2-14-5)9-4(12)6(19)3(1-18)20-9;15-1-4-6(16)7(17)10(19-4)14-3-13-5-8(14)11-2-12-9(5)18/h4,6-8,18-19H,1-3H2,(H3,13,15,16,20);3-4,6,9-11,16,18-19H,2,5H2,1H3,(H,13,14,17,20);1-2,5-7,17H,3-4H2,(H3,12,14,15,18);2-4,6,9,18-19H,1H2,(H2,13,15,16);2-4,6-7,10,15-17H,1H2,(H,11,12,18)/t6-,7-,8-;6-,9-,10+,11-;6-,7+;3-,4+,6-,9-;4-,6-,7-,10-/m01111/s1. The third-order valence-electron chi connectivity index (χ3n) is 16.5. The van der Waals surface area contributed by atoms with Gasteiger partial charge in [-0.1, -0.05) is 25.7 Å². The Balaban J connectivity index is 0.000000133. The first kappa shape index (κ1) is 71.3. The van der Waals surface area contributed by atoms with E-state index in [1.807, 2.05) is 16.7 Å². The largest absolute Gasteiger partial charge is 0.396 e. The zero-order valence-electron chi connectivity index (χ0n) is 51.3. The number of imidazole rings is 4. The molecule has 43 heteroatoms. The highest BCUT2D eigenvalue weighted by Crippen LogP contribution is 2.40. The molecule has 4 fully saturated rings. The molecular formula is C55H68ClFN22O19. The molecule has 14 rings (SSSR count). The summed E-state index contributed by atoms with van der Waals surface area (Å²) in [6, 6.07) is 1.17. The molecule has 3 saturated heterocycles. The Morgan fingerprint density at radius 1 is 0.622 bits per heavy atom. The third kappa shape index (κ3) is 14.3. The van der Waals surface area contributed by atoms with Gasteiger partial charge in [0, 0.05) is 31.1 Å². The highest BCUT2D eigenvalue weighted by atomic mass is 35.5. The molecule has 41 nitrogen and oxygen atoms in total. The second-order valence-electron chi connectivity index (χ2n) is 22.7. The van der Waals surface area contributed by atoms with Crippen LogP contribution in [0.3, 0.4) is 0 Å². The lowest BCUT2D eigenvalue weighted by atomic mass is 10.0. The molecule has 3 aliphatic heterocycles. The second kappa shape index (κ2) is 30.1. The maximum Gasteiger partial charge on any atom is 0.351 e. The Morgan fingerprint density at radius 2 is 1.14 bits per heavy atom. The van der Waals surface area contributed by atoms with E-state index in [-0.39, 0.29) is 117 Å². The van der Waals surface area contributed by atoms with Gasteiger partial charge in [-0.3, -0.25) is 42.8 Å². The smallest absolute Gasteiger partial charge is 0.351 e. The minimum absolute atomic E-state index is 0.00659. The van der Waals surface area contributed by atoms with E-state index in [0.717, 1.165) is 11.0 Å². The van der Waals surface area contributed by atoms with Crippen molar-refractivity contribution in [3.05, 3.63) is 115 Å². The van der Waals surface area contributed by atoms with E-state index in [1.54, 1.807) is 17.8 Å². The van der Waals surface area contributed by atoms with Crippen molar-refractivity contribution >= 4 is 85.7 Å². The predicted molar refractivity (Wildman–Crippen MR) is 336 cm³/mol. The molecule has 2 aliphatic carbocycles. The van der Waals surface area contributed by atoms with Crippen LogP contribution in [0.4, 0.5) is 27.9 Å². The van der Waals surface area contributed by atoms with Crippen LogP contribution < -0.4 is 44.9 Å². The van der Waals surface area contributed by atoms with Crippen molar-refractivity contribution in [2.24, 2.45) is 11.8 Å². The first-order chi connectivity index (χ1) is 46.8. The molecule has 0 bridgehead atoms. The number of ether oxygens (including phenoxy) is 3. The molecule has 17 atom stereocenters. The lowest BCUT2D eigenvalue weighted by molar-refractivity contribution is -0.115. The molecule has 9 aromatic rings. The summed E-state index contributed by atoms with van der Waals surface area (Å²) < 4.78 is 37.0. The third-order valence-corrected chi connectivity index (χ3v) is 16.7. The number of nitrogen functional groups attached to an aromatic ring is 3. The summed E-state index contributed by atoms with van der Waals surface area (Å²) in [4.78, 5) is 105. The highest BCUT2D eigenvalue weighted by molar-refractivity contribution is 6.28. The van der Waals surface area contributed by atoms with Crippen LogP contribution in [0.2, 0.25) is 5.28 Å². The number of fused-ring (bicyclic) bond motifs is 4. The molecular weight excluding hydrogens is 1330 g/mol. The van der Waals surface area contributed by atoms with Gasteiger partial charge in [0.25, 0.3) is 16.7 Å². The van der Waals surface area contributed by atoms with E-state index >= 15 is 0 Å². The van der Waals surface area contributed by atoms with Crippen molar-refractivity contribution < 1.29 is 79.6 Å². The number of amides is 1. The molecule has 5 aliphatic rings. The summed E-state index contributed by atoms with van der Waals surface area (Å²) in [5.74, 6) is -0.278. The zero-order valence-corrected chi connectivity index (χ0v) is 52.0. The van der Waals surface area contributed by atoms with Crippen LogP contribution in [0.15, 0.2) is 87.4 Å². The lowest BCUT2D eigenvalue weighted by Gasteiger charge is -2.17.